The van der Waals surface area contributed by atoms with Gasteiger partial charge in [-0.2, -0.15) is 4.98 Å². The molecular weight excluding hydrogens is 1260 g/mol. The summed E-state index contributed by atoms with van der Waals surface area (Å²) in [6, 6.07) is 21.4. The van der Waals surface area contributed by atoms with Crippen molar-refractivity contribution in [3.05, 3.63) is 148 Å². The minimum atomic E-state index is -1.97. The van der Waals surface area contributed by atoms with Crippen LogP contribution in [0.25, 0.3) is 43.7 Å². The molecule has 31 nitrogen and oxygen atoms in total. The van der Waals surface area contributed by atoms with E-state index in [-0.39, 0.29) is 77.8 Å². The summed E-state index contributed by atoms with van der Waals surface area (Å²) in [5, 5.41) is 47.0. The molecule has 9 aromatic rings. The Morgan fingerprint density at radius 3 is 2.02 bits per heavy atom. The van der Waals surface area contributed by atoms with Crippen molar-refractivity contribution in [2.24, 2.45) is 0 Å². The number of esters is 1. The number of nitrogens with two attached hydrogens (primary N) is 1. The van der Waals surface area contributed by atoms with Gasteiger partial charge in [0.1, 0.15) is 35.3 Å². The van der Waals surface area contributed by atoms with Crippen molar-refractivity contribution in [3.8, 4) is 5.75 Å². The van der Waals surface area contributed by atoms with Crippen LogP contribution >= 0.6 is 11.6 Å². The van der Waals surface area contributed by atoms with Gasteiger partial charge in [-0.15, -0.1) is 11.6 Å². The molecule has 5 aromatic carbocycles. The normalized spacial score (nSPS) is 14.9. The molecule has 486 valence electrons. The van der Waals surface area contributed by atoms with E-state index in [1.807, 2.05) is 24.3 Å². The van der Waals surface area contributed by atoms with E-state index in [0.29, 0.717) is 56.0 Å². The molecule has 11 rings (SSSR count). The molecule has 95 heavy (non-hydrogen) atoms. The molecule has 32 heteroatoms. The molecular formula is C63H56ClN15O16. The summed E-state index contributed by atoms with van der Waals surface area (Å²) in [7, 11) is 0. The number of nitrogens with one attached hydrogen (secondary N) is 9. The first kappa shape index (κ1) is 64.3. The number of anilines is 5. The van der Waals surface area contributed by atoms with E-state index in [1.165, 1.54) is 37.4 Å². The van der Waals surface area contributed by atoms with Crippen molar-refractivity contribution in [1.29, 1.82) is 0 Å². The van der Waals surface area contributed by atoms with Gasteiger partial charge in [0.25, 0.3) is 23.3 Å². The first-order chi connectivity index (χ1) is 45.4. The highest BCUT2D eigenvalue weighted by Gasteiger charge is 2.44. The fourth-order valence-corrected chi connectivity index (χ4v) is 11.4. The summed E-state index contributed by atoms with van der Waals surface area (Å²) in [4.78, 5) is 179. The Kier molecular flexibility index (Phi) is 18.2. The molecule has 0 bridgehead atoms. The van der Waals surface area contributed by atoms with Crippen LogP contribution in [0.1, 0.15) is 81.1 Å². The summed E-state index contributed by atoms with van der Waals surface area (Å²) < 4.78 is 5.57. The SMILES string of the molecule is CC(=O)Oc1cc2c(c3ccccc13)C(CCl)CN2C(=O)c1cc2cc(NC(=O)c3cc4cc(NC(=O)CC5CN5C(=O)[C@H](CC(=O)O)NC(=O)[C@H](CC(=O)O)NC(=O)C[C@H](NC(=O)c5ccc(NCc6cnc7nc(N)[nH]c(=O)c7n6)cc5)C(=O)O)ccc4[nH]3)ccc2[nH]1. The molecule has 4 aromatic heterocycles. The molecule has 14 N–H and O–H groups in total. The monoisotopic (exact) mass is 1310 g/mol. The van der Waals surface area contributed by atoms with E-state index in [1.54, 1.807) is 59.5 Å². The van der Waals surface area contributed by atoms with Crippen molar-refractivity contribution in [1.82, 2.24) is 50.8 Å². The predicted molar refractivity (Wildman–Crippen MR) is 342 cm³/mol. The van der Waals surface area contributed by atoms with Crippen molar-refractivity contribution >= 4 is 149 Å². The molecule has 0 aliphatic carbocycles. The smallest absolute Gasteiger partial charge is 0.326 e. The van der Waals surface area contributed by atoms with Crippen LogP contribution < -0.4 is 52.8 Å². The largest absolute Gasteiger partial charge is 0.481 e. The number of hydrogen-bond acceptors (Lipinski definition) is 18. The van der Waals surface area contributed by atoms with E-state index in [9.17, 15) is 72.9 Å². The van der Waals surface area contributed by atoms with Crippen LogP contribution in [0.3, 0.4) is 0 Å². The average molecular weight is 1310 g/mol. The number of nitrogens with zero attached hydrogens (tertiary/aromatic N) is 5. The zero-order chi connectivity index (χ0) is 67.5. The first-order valence-electron chi connectivity index (χ1n) is 29.2. The Bertz CT molecular complexity index is 4740. The topological polar surface area (TPSA) is 465 Å². The van der Waals surface area contributed by atoms with Crippen LogP contribution in [0.4, 0.5) is 28.7 Å². The van der Waals surface area contributed by atoms with Crippen LogP contribution in [0.2, 0.25) is 0 Å². The first-order valence-corrected chi connectivity index (χ1v) is 29.7. The van der Waals surface area contributed by atoms with Crippen molar-refractivity contribution < 1.29 is 72.8 Å². The number of carbonyl (C=O) groups excluding carboxylic acids is 8. The number of aromatic amines is 3. The van der Waals surface area contributed by atoms with Gasteiger partial charge in [-0.3, -0.25) is 57.7 Å². The summed E-state index contributed by atoms with van der Waals surface area (Å²) in [6.07, 6.45) is -2.00. The number of amides is 7. The van der Waals surface area contributed by atoms with Gasteiger partial charge in [0, 0.05) is 94.1 Å². The number of fused-ring (bicyclic) bond motifs is 6. The van der Waals surface area contributed by atoms with Crippen molar-refractivity contribution in [3.63, 3.8) is 0 Å². The Labute approximate surface area is 539 Å². The quantitative estimate of drug-likeness (QED) is 0.0176. The maximum Gasteiger partial charge on any atom is 0.326 e. The van der Waals surface area contributed by atoms with Crippen LogP contribution in [0.5, 0.6) is 5.75 Å². The lowest BCUT2D eigenvalue weighted by Gasteiger charge is -2.22. The van der Waals surface area contributed by atoms with Crippen LogP contribution in [0, 0.1) is 0 Å². The third-order valence-electron chi connectivity index (χ3n) is 15.6. The number of nitrogen functional groups attached to an aromatic ring is 1. The number of hydrogen-bond donors (Lipinski definition) is 13. The predicted octanol–water partition coefficient (Wildman–Crippen LogP) is 3.92. The number of ether oxygens (including phenoxy) is 1. The van der Waals surface area contributed by atoms with Crippen molar-refractivity contribution in [2.45, 2.75) is 69.2 Å². The molecule has 6 heterocycles. The molecule has 2 aliphatic heterocycles. The standard InChI is InChI=1S/C63H56ClN15O16/c1-28(80)95-48-22-47-53(39-5-3-2-4-38(39)48)32(23-64)26-79(47)61(92)44-17-31-15-35(11-13-41(31)72-44)70-57(88)42-16-30-14-34(10-12-40(30)71-42)68-49(81)18-37-27-78(37)60(91)45(21-52(85)86)74-58(89)43(20-51(83)84)73-50(82)19-46(62(93)94)75-56(87)29-6-8-33(9-7-29)66-24-36-25-67-55-54(69-36)59(90)77-63(65)76-55/h2-17,22,25,32,37,43,45-46,66,71-72H,18-21,23-24,26-27H2,1H3,(H,68,81)(H,70,88)(H,73,82)(H,74,89)(H,75,87)(H,83,84)(H,85,86)(H,93,94)(H3,65,67,76,77,90)/t32?,37?,43-,45-,46-,78?/m0/s1. The second-order valence-corrected chi connectivity index (χ2v) is 22.7. The number of aliphatic carboxylic acids is 3. The third kappa shape index (κ3) is 14.6. The van der Waals surface area contributed by atoms with Gasteiger partial charge in [0.2, 0.25) is 29.6 Å². The van der Waals surface area contributed by atoms with Crippen LogP contribution in [-0.2, 0) is 44.9 Å². The zero-order valence-corrected chi connectivity index (χ0v) is 50.5. The Morgan fingerprint density at radius 1 is 0.695 bits per heavy atom. The van der Waals surface area contributed by atoms with Gasteiger partial charge in [-0.25, -0.2) is 14.8 Å². The number of benzene rings is 5. The summed E-state index contributed by atoms with van der Waals surface area (Å²) in [5.74, 6) is -10.9. The Hall–Kier alpha value is -12.3. The fraction of sp³-hybridized carbons (Fsp3) is 0.222. The van der Waals surface area contributed by atoms with E-state index < -0.39 is 108 Å². The van der Waals surface area contributed by atoms with Gasteiger partial charge in [0.15, 0.2) is 11.2 Å². The summed E-state index contributed by atoms with van der Waals surface area (Å²) >= 11 is 6.46. The lowest BCUT2D eigenvalue weighted by Crippen LogP contribution is -2.54. The second kappa shape index (κ2) is 26.9. The van der Waals surface area contributed by atoms with Gasteiger partial charge < -0.3 is 77.5 Å². The minimum Gasteiger partial charge on any atom is -0.481 e. The Balaban J connectivity index is 0.659. The molecule has 1 fully saturated rings. The summed E-state index contributed by atoms with van der Waals surface area (Å²) in [6.45, 7) is 1.64. The lowest BCUT2D eigenvalue weighted by atomic mass is 9.95. The van der Waals surface area contributed by atoms with E-state index in [2.05, 4.69) is 61.8 Å². The number of carbonyl (C=O) groups is 11. The molecule has 7 amide bonds. The average Bonchev–Trinajstić information content (AvgIpc) is 1.63. The van der Waals surface area contributed by atoms with Crippen LogP contribution in [0.15, 0.2) is 114 Å². The highest BCUT2D eigenvalue weighted by atomic mass is 35.5. The lowest BCUT2D eigenvalue weighted by molar-refractivity contribution is -0.144. The van der Waals surface area contributed by atoms with Gasteiger partial charge >= 0.3 is 23.9 Å². The number of rotatable bonds is 24. The fourth-order valence-electron chi connectivity index (χ4n) is 11.1. The molecule has 5 atom stereocenters. The second-order valence-electron chi connectivity index (χ2n) is 22.4. The maximum absolute atomic E-state index is 14.2. The molecule has 0 saturated carbocycles. The number of halogens is 1. The number of alkyl halides is 1. The molecule has 2 aliphatic rings. The number of carboxylic acids is 3. The van der Waals surface area contributed by atoms with E-state index in [4.69, 9.17) is 22.1 Å². The highest BCUT2D eigenvalue weighted by Crippen LogP contribution is 2.46. The van der Waals surface area contributed by atoms with Crippen molar-refractivity contribution in [2.75, 3.05) is 45.6 Å². The Morgan fingerprint density at radius 2 is 1.35 bits per heavy atom. The van der Waals surface area contributed by atoms with Gasteiger partial charge in [-0.05, 0) is 83.7 Å². The molecule has 0 radical (unpaired) electrons. The number of aromatic nitrogens is 6. The molecule has 0 spiro atoms. The maximum atomic E-state index is 14.2. The van der Waals surface area contributed by atoms with Gasteiger partial charge in [-0.1, -0.05) is 24.3 Å². The van der Waals surface area contributed by atoms with Gasteiger partial charge in [0.05, 0.1) is 49.4 Å². The summed E-state index contributed by atoms with van der Waals surface area (Å²) in [5.41, 5.74) is 9.55. The third-order valence-corrected chi connectivity index (χ3v) is 16.0. The van der Waals surface area contributed by atoms with E-state index in [0.717, 1.165) is 21.2 Å². The molecule has 2 unspecified atom stereocenters. The number of carboxylic acid groups (broad SMARTS) is 3. The zero-order valence-electron chi connectivity index (χ0n) is 49.8. The highest BCUT2D eigenvalue weighted by molar-refractivity contribution is 6.19. The molecule has 1 saturated heterocycles. The van der Waals surface area contributed by atoms with E-state index >= 15 is 0 Å². The minimum absolute atomic E-state index is 0.0365. The van der Waals surface area contributed by atoms with Crippen LogP contribution in [-0.4, -0.2) is 158 Å². The number of H-pyrrole nitrogens is 3.